The minimum absolute atomic E-state index is 0.115. The predicted molar refractivity (Wildman–Crippen MR) is 70.4 cm³/mol. The average Bonchev–Trinajstić information content (AvgIpc) is 2.36. The highest BCUT2D eigenvalue weighted by Gasteiger charge is 2.36. The number of likely N-dealkylation sites (tertiary alicyclic amines) is 1. The van der Waals surface area contributed by atoms with Crippen molar-refractivity contribution in [2.75, 3.05) is 32.8 Å². The van der Waals surface area contributed by atoms with Gasteiger partial charge >= 0.3 is 12.0 Å². The molecule has 2 aliphatic heterocycles. The number of morpholine rings is 1. The van der Waals surface area contributed by atoms with E-state index in [0.717, 1.165) is 6.42 Å². The molecule has 0 aromatic heterocycles. The monoisotopic (exact) mass is 286 g/mol. The van der Waals surface area contributed by atoms with E-state index >= 15 is 0 Å². The SMILES string of the molecule is CC1(O)CCCN(C(=O)N2CCOCC2CC(=O)O)C1. The van der Waals surface area contributed by atoms with Gasteiger partial charge in [-0.2, -0.15) is 0 Å². The molecule has 0 aromatic carbocycles. The summed E-state index contributed by atoms with van der Waals surface area (Å²) in [5.74, 6) is -0.941. The van der Waals surface area contributed by atoms with E-state index < -0.39 is 17.6 Å². The third-order valence-corrected chi connectivity index (χ3v) is 3.83. The highest BCUT2D eigenvalue weighted by Crippen LogP contribution is 2.23. The van der Waals surface area contributed by atoms with Gasteiger partial charge in [0.2, 0.25) is 0 Å². The van der Waals surface area contributed by atoms with Crippen LogP contribution in [0.25, 0.3) is 0 Å². The first-order valence-corrected chi connectivity index (χ1v) is 6.96. The number of urea groups is 1. The molecule has 2 aliphatic rings. The minimum Gasteiger partial charge on any atom is -0.481 e. The van der Waals surface area contributed by atoms with Gasteiger partial charge in [-0.15, -0.1) is 0 Å². The maximum absolute atomic E-state index is 12.5. The number of aliphatic hydroxyl groups is 1. The molecule has 2 rings (SSSR count). The molecule has 0 bridgehead atoms. The zero-order valence-corrected chi connectivity index (χ0v) is 11.7. The maximum Gasteiger partial charge on any atom is 0.320 e. The van der Waals surface area contributed by atoms with Crippen molar-refractivity contribution in [1.82, 2.24) is 9.80 Å². The first-order chi connectivity index (χ1) is 9.39. The number of carbonyl (C=O) groups excluding carboxylic acids is 1. The van der Waals surface area contributed by atoms with Crippen LogP contribution in [0.1, 0.15) is 26.2 Å². The molecule has 2 amide bonds. The summed E-state index contributed by atoms with van der Waals surface area (Å²) < 4.78 is 5.27. The van der Waals surface area contributed by atoms with Crippen molar-refractivity contribution in [1.29, 1.82) is 0 Å². The Balaban J connectivity index is 2.03. The second kappa shape index (κ2) is 5.97. The zero-order valence-electron chi connectivity index (χ0n) is 11.7. The Kier molecular flexibility index (Phi) is 4.49. The van der Waals surface area contributed by atoms with Crippen molar-refractivity contribution in [3.63, 3.8) is 0 Å². The quantitative estimate of drug-likeness (QED) is 0.753. The van der Waals surface area contributed by atoms with Crippen LogP contribution in [-0.2, 0) is 9.53 Å². The number of carboxylic acid groups (broad SMARTS) is 1. The second-order valence-corrected chi connectivity index (χ2v) is 5.82. The summed E-state index contributed by atoms with van der Waals surface area (Å²) in [5.41, 5.74) is -0.859. The summed E-state index contributed by atoms with van der Waals surface area (Å²) in [6.45, 7) is 3.69. The van der Waals surface area contributed by atoms with Crippen LogP contribution in [0.15, 0.2) is 0 Å². The Morgan fingerprint density at radius 1 is 1.40 bits per heavy atom. The largest absolute Gasteiger partial charge is 0.481 e. The van der Waals surface area contributed by atoms with Crippen molar-refractivity contribution < 1.29 is 24.5 Å². The summed E-state index contributed by atoms with van der Waals surface area (Å²) >= 11 is 0. The Labute approximate surface area is 118 Å². The molecule has 114 valence electrons. The molecule has 0 aliphatic carbocycles. The lowest BCUT2D eigenvalue weighted by atomic mass is 9.95. The number of nitrogens with zero attached hydrogens (tertiary/aromatic N) is 2. The van der Waals surface area contributed by atoms with Gasteiger partial charge in [-0.1, -0.05) is 0 Å². The van der Waals surface area contributed by atoms with Gasteiger partial charge < -0.3 is 24.7 Å². The Bertz CT molecular complexity index is 385. The molecule has 2 unspecified atom stereocenters. The number of carbonyl (C=O) groups is 2. The molecule has 0 spiro atoms. The lowest BCUT2D eigenvalue weighted by Crippen LogP contribution is -2.58. The maximum atomic E-state index is 12.5. The van der Waals surface area contributed by atoms with Crippen LogP contribution in [0.3, 0.4) is 0 Å². The van der Waals surface area contributed by atoms with E-state index in [9.17, 15) is 14.7 Å². The van der Waals surface area contributed by atoms with Crippen molar-refractivity contribution in [2.24, 2.45) is 0 Å². The molecule has 2 fully saturated rings. The standard InChI is InChI=1S/C13H22N2O5/c1-13(19)3-2-4-14(9-13)12(18)15-5-6-20-8-10(15)7-11(16)17/h10,19H,2-9H2,1H3,(H,16,17). The number of amides is 2. The molecule has 2 heterocycles. The first-order valence-electron chi connectivity index (χ1n) is 6.96. The van der Waals surface area contributed by atoms with Gasteiger partial charge in [0.05, 0.1) is 37.8 Å². The van der Waals surface area contributed by atoms with E-state index in [-0.39, 0.29) is 19.1 Å². The summed E-state index contributed by atoms with van der Waals surface area (Å²) in [6.07, 6.45) is 1.32. The van der Waals surface area contributed by atoms with E-state index in [1.807, 2.05) is 0 Å². The van der Waals surface area contributed by atoms with Crippen LogP contribution in [0, 0.1) is 0 Å². The molecule has 0 saturated carbocycles. The third kappa shape index (κ3) is 3.61. The summed E-state index contributed by atoms with van der Waals surface area (Å²) in [4.78, 5) is 26.6. The number of ether oxygens (including phenoxy) is 1. The number of carboxylic acids is 1. The Hall–Kier alpha value is -1.34. The number of hydrogen-bond acceptors (Lipinski definition) is 4. The van der Waals surface area contributed by atoms with Crippen LogP contribution in [0.2, 0.25) is 0 Å². The zero-order chi connectivity index (χ0) is 14.8. The van der Waals surface area contributed by atoms with E-state index in [1.54, 1.807) is 16.7 Å². The summed E-state index contributed by atoms with van der Waals surface area (Å²) in [5, 5.41) is 19.0. The van der Waals surface area contributed by atoms with Crippen LogP contribution in [0.4, 0.5) is 4.79 Å². The molecule has 0 radical (unpaired) electrons. The Morgan fingerprint density at radius 2 is 2.15 bits per heavy atom. The Morgan fingerprint density at radius 3 is 2.80 bits per heavy atom. The van der Waals surface area contributed by atoms with Gasteiger partial charge in [0.1, 0.15) is 0 Å². The number of β-amino-alcohol motifs (C(OH)–C–C–N with tert-alkyl or cyclic N) is 1. The molecule has 2 saturated heterocycles. The van der Waals surface area contributed by atoms with Gasteiger partial charge in [0.25, 0.3) is 0 Å². The van der Waals surface area contributed by atoms with Crippen LogP contribution in [0.5, 0.6) is 0 Å². The van der Waals surface area contributed by atoms with Crippen molar-refractivity contribution >= 4 is 12.0 Å². The van der Waals surface area contributed by atoms with E-state index in [0.29, 0.717) is 32.7 Å². The molecule has 2 N–H and O–H groups in total. The van der Waals surface area contributed by atoms with Crippen LogP contribution >= 0.6 is 0 Å². The van der Waals surface area contributed by atoms with Gasteiger partial charge in [-0.3, -0.25) is 4.79 Å². The van der Waals surface area contributed by atoms with E-state index in [1.165, 1.54) is 0 Å². The van der Waals surface area contributed by atoms with Crippen molar-refractivity contribution in [3.05, 3.63) is 0 Å². The number of piperidine rings is 1. The first kappa shape index (κ1) is 15.1. The minimum atomic E-state index is -0.941. The normalized spacial score (nSPS) is 31.2. The summed E-state index contributed by atoms with van der Waals surface area (Å²) in [6, 6.07) is -0.625. The lowest BCUT2D eigenvalue weighted by Gasteiger charge is -2.42. The number of rotatable bonds is 2. The van der Waals surface area contributed by atoms with Gasteiger partial charge in [0.15, 0.2) is 0 Å². The van der Waals surface area contributed by atoms with E-state index in [2.05, 4.69) is 0 Å². The summed E-state index contributed by atoms with van der Waals surface area (Å²) in [7, 11) is 0. The molecular formula is C13H22N2O5. The topological polar surface area (TPSA) is 90.3 Å². The fourth-order valence-corrected chi connectivity index (χ4v) is 2.84. The molecule has 20 heavy (non-hydrogen) atoms. The lowest BCUT2D eigenvalue weighted by molar-refractivity contribution is -0.139. The van der Waals surface area contributed by atoms with Crippen LogP contribution in [-0.4, -0.2) is 76.5 Å². The molecule has 7 heteroatoms. The fourth-order valence-electron chi connectivity index (χ4n) is 2.84. The molecule has 2 atom stereocenters. The van der Waals surface area contributed by atoms with Gasteiger partial charge in [-0.25, -0.2) is 4.79 Å². The molecule has 7 nitrogen and oxygen atoms in total. The fraction of sp³-hybridized carbons (Fsp3) is 0.846. The van der Waals surface area contributed by atoms with Crippen molar-refractivity contribution in [2.45, 2.75) is 37.8 Å². The predicted octanol–water partition coefficient (Wildman–Crippen LogP) is 0.129. The highest BCUT2D eigenvalue weighted by atomic mass is 16.5. The van der Waals surface area contributed by atoms with Gasteiger partial charge in [0, 0.05) is 13.1 Å². The average molecular weight is 286 g/mol. The molecule has 0 aromatic rings. The number of hydrogen-bond donors (Lipinski definition) is 2. The number of aliphatic carboxylic acids is 1. The highest BCUT2D eigenvalue weighted by molar-refractivity contribution is 5.76. The smallest absolute Gasteiger partial charge is 0.320 e. The van der Waals surface area contributed by atoms with Crippen LogP contribution < -0.4 is 0 Å². The van der Waals surface area contributed by atoms with E-state index in [4.69, 9.17) is 9.84 Å². The van der Waals surface area contributed by atoms with Gasteiger partial charge in [-0.05, 0) is 19.8 Å². The third-order valence-electron chi connectivity index (χ3n) is 3.83. The van der Waals surface area contributed by atoms with Crippen molar-refractivity contribution in [3.8, 4) is 0 Å². The molecular weight excluding hydrogens is 264 g/mol. The second-order valence-electron chi connectivity index (χ2n) is 5.82.